The van der Waals surface area contributed by atoms with Gasteiger partial charge < -0.3 is 4.74 Å². The molecule has 0 fully saturated rings. The Kier molecular flexibility index (Phi) is 7.97. The highest BCUT2D eigenvalue weighted by molar-refractivity contribution is 7.99. The van der Waals surface area contributed by atoms with Gasteiger partial charge in [-0.2, -0.15) is 5.10 Å². The molecule has 1 aromatic heterocycles. The molecule has 0 atom stereocenters. The van der Waals surface area contributed by atoms with Crippen LogP contribution < -0.4 is 15.7 Å². The molecule has 9 heteroatoms. The van der Waals surface area contributed by atoms with Crippen LogP contribution in [0.2, 0.25) is 0 Å². The van der Waals surface area contributed by atoms with Crippen molar-refractivity contribution in [3.05, 3.63) is 99.8 Å². The Bertz CT molecular complexity index is 1450. The summed E-state index contributed by atoms with van der Waals surface area (Å²) in [4.78, 5) is 30.3. The summed E-state index contributed by atoms with van der Waals surface area (Å²) in [6.07, 6.45) is 3.09. The van der Waals surface area contributed by atoms with E-state index in [1.165, 1.54) is 10.8 Å². The van der Waals surface area contributed by atoms with Crippen LogP contribution in [0.5, 0.6) is 5.75 Å². The number of amides is 1. The summed E-state index contributed by atoms with van der Waals surface area (Å²) in [6, 6.07) is 23.7. The van der Waals surface area contributed by atoms with Crippen LogP contribution in [0, 0.1) is 0 Å². The van der Waals surface area contributed by atoms with Crippen LogP contribution in [0.3, 0.4) is 0 Å². The molecule has 3 aromatic carbocycles. The van der Waals surface area contributed by atoms with E-state index in [1.807, 2.05) is 36.4 Å². The predicted molar refractivity (Wildman–Crippen MR) is 142 cm³/mol. The number of allylic oxidation sites excluding steroid dienone is 1. The maximum Gasteiger partial charge on any atom is 0.266 e. The Morgan fingerprint density at radius 3 is 2.54 bits per heavy atom. The number of nitrogens with one attached hydrogen (secondary N) is 1. The molecule has 0 aliphatic rings. The molecule has 7 nitrogen and oxygen atoms in total. The quantitative estimate of drug-likeness (QED) is 0.160. The summed E-state index contributed by atoms with van der Waals surface area (Å²) in [5.41, 5.74) is 4.32. The summed E-state index contributed by atoms with van der Waals surface area (Å²) in [5, 5.41) is 5.15. The maximum atomic E-state index is 13.3. The summed E-state index contributed by atoms with van der Waals surface area (Å²) < 4.78 is 6.70. The van der Waals surface area contributed by atoms with Crippen molar-refractivity contribution < 1.29 is 9.53 Å². The number of thioether (sulfide) groups is 1. The third-order valence-electron chi connectivity index (χ3n) is 4.89. The first-order valence-electron chi connectivity index (χ1n) is 10.6. The molecular formula is C26H21ClN4O3S. The smallest absolute Gasteiger partial charge is 0.266 e. The Balaban J connectivity index is 1.51. The van der Waals surface area contributed by atoms with Crippen LogP contribution in [0.15, 0.2) is 98.9 Å². The molecule has 0 spiro atoms. The zero-order chi connectivity index (χ0) is 24.6. The number of para-hydroxylation sites is 1. The second-order valence-corrected chi connectivity index (χ2v) is 8.65. The van der Waals surface area contributed by atoms with E-state index in [-0.39, 0.29) is 17.2 Å². The number of hydrazone groups is 1. The average Bonchev–Trinajstić information content (AvgIpc) is 2.88. The molecule has 0 aliphatic carbocycles. The fourth-order valence-corrected chi connectivity index (χ4v) is 4.22. The largest absolute Gasteiger partial charge is 0.497 e. The van der Waals surface area contributed by atoms with Gasteiger partial charge in [-0.25, -0.2) is 10.4 Å². The van der Waals surface area contributed by atoms with Gasteiger partial charge in [0.15, 0.2) is 5.16 Å². The standard InChI is InChI=1S/C26H21ClN4O3S/c1-34-21-13-11-20(12-14-21)31-25(33)22-9-5-6-10-23(22)29-26(31)35-17-24(32)30-28-16-19(27)15-18-7-3-2-4-8-18/h2-16H,17H2,1H3,(H,30,32). The van der Waals surface area contributed by atoms with Gasteiger partial charge >= 0.3 is 0 Å². The number of aromatic nitrogens is 2. The van der Waals surface area contributed by atoms with Crippen molar-refractivity contribution in [3.63, 3.8) is 0 Å². The lowest BCUT2D eigenvalue weighted by Gasteiger charge is -2.13. The van der Waals surface area contributed by atoms with Crippen molar-refractivity contribution in [2.24, 2.45) is 5.10 Å². The fraction of sp³-hybridized carbons (Fsp3) is 0.0769. The van der Waals surface area contributed by atoms with Crippen molar-refractivity contribution in [1.82, 2.24) is 15.0 Å². The average molecular weight is 505 g/mol. The Morgan fingerprint density at radius 2 is 1.80 bits per heavy atom. The highest BCUT2D eigenvalue weighted by Gasteiger charge is 2.15. The van der Waals surface area contributed by atoms with Gasteiger partial charge in [-0.1, -0.05) is 65.8 Å². The van der Waals surface area contributed by atoms with Gasteiger partial charge in [0.1, 0.15) is 5.75 Å². The number of halogens is 1. The van der Waals surface area contributed by atoms with E-state index in [2.05, 4.69) is 15.5 Å². The summed E-state index contributed by atoms with van der Waals surface area (Å²) in [5.74, 6) is 0.305. The minimum atomic E-state index is -0.362. The van der Waals surface area contributed by atoms with E-state index in [4.69, 9.17) is 16.3 Å². The molecule has 0 saturated carbocycles. The molecule has 0 unspecified atom stereocenters. The molecule has 4 rings (SSSR count). The van der Waals surface area contributed by atoms with Crippen LogP contribution >= 0.6 is 23.4 Å². The Hall–Kier alpha value is -3.88. The van der Waals surface area contributed by atoms with Crippen molar-refractivity contribution in [2.75, 3.05) is 12.9 Å². The van der Waals surface area contributed by atoms with Crippen molar-refractivity contribution in [1.29, 1.82) is 0 Å². The molecule has 0 saturated heterocycles. The number of benzene rings is 3. The minimum Gasteiger partial charge on any atom is -0.497 e. The van der Waals surface area contributed by atoms with Gasteiger partial charge in [0.2, 0.25) is 0 Å². The second kappa shape index (κ2) is 11.5. The molecule has 4 aromatic rings. The summed E-state index contributed by atoms with van der Waals surface area (Å²) in [7, 11) is 1.58. The van der Waals surface area contributed by atoms with Gasteiger partial charge in [-0.15, -0.1) is 0 Å². The van der Waals surface area contributed by atoms with Crippen LogP contribution in [-0.2, 0) is 4.79 Å². The van der Waals surface area contributed by atoms with E-state index in [0.717, 1.165) is 17.3 Å². The van der Waals surface area contributed by atoms with Crippen LogP contribution in [-0.4, -0.2) is 34.5 Å². The van der Waals surface area contributed by atoms with Gasteiger partial charge in [-0.05, 0) is 48.0 Å². The third kappa shape index (κ3) is 6.17. The summed E-state index contributed by atoms with van der Waals surface area (Å²) >= 11 is 7.29. The maximum absolute atomic E-state index is 13.3. The van der Waals surface area contributed by atoms with Gasteiger partial charge in [0.25, 0.3) is 11.5 Å². The van der Waals surface area contributed by atoms with Crippen LogP contribution in [0.25, 0.3) is 22.7 Å². The Morgan fingerprint density at radius 1 is 1.09 bits per heavy atom. The number of methoxy groups -OCH3 is 1. The van der Waals surface area contributed by atoms with E-state index < -0.39 is 0 Å². The number of rotatable bonds is 8. The number of nitrogens with zero attached hydrogens (tertiary/aromatic N) is 3. The lowest BCUT2D eigenvalue weighted by Crippen LogP contribution is -2.24. The number of hydrogen-bond acceptors (Lipinski definition) is 6. The van der Waals surface area contributed by atoms with E-state index in [0.29, 0.717) is 32.5 Å². The van der Waals surface area contributed by atoms with Crippen molar-refractivity contribution >= 4 is 52.5 Å². The van der Waals surface area contributed by atoms with Gasteiger partial charge in [-0.3, -0.25) is 14.2 Å². The highest BCUT2D eigenvalue weighted by atomic mass is 35.5. The van der Waals surface area contributed by atoms with Crippen LogP contribution in [0.1, 0.15) is 5.56 Å². The fourth-order valence-electron chi connectivity index (χ4n) is 3.24. The molecule has 176 valence electrons. The zero-order valence-electron chi connectivity index (χ0n) is 18.7. The normalized spacial score (nSPS) is 11.7. The Labute approximate surface area is 211 Å². The number of ether oxygens (including phenoxy) is 1. The molecule has 0 aliphatic heterocycles. The molecule has 1 amide bonds. The molecule has 1 N–H and O–H groups in total. The zero-order valence-corrected chi connectivity index (χ0v) is 20.3. The lowest BCUT2D eigenvalue weighted by molar-refractivity contribution is -0.118. The van der Waals surface area contributed by atoms with E-state index in [9.17, 15) is 9.59 Å². The second-order valence-electron chi connectivity index (χ2n) is 7.27. The number of carbonyl (C=O) groups is 1. The molecule has 1 heterocycles. The van der Waals surface area contributed by atoms with Crippen LogP contribution in [0.4, 0.5) is 0 Å². The first-order valence-corrected chi connectivity index (χ1v) is 11.9. The molecule has 35 heavy (non-hydrogen) atoms. The van der Waals surface area contributed by atoms with Crippen molar-refractivity contribution in [2.45, 2.75) is 5.16 Å². The molecule has 0 radical (unpaired) electrons. The molecule has 0 bridgehead atoms. The van der Waals surface area contributed by atoms with Gasteiger partial charge in [0.05, 0.1) is 40.7 Å². The summed E-state index contributed by atoms with van der Waals surface area (Å²) in [6.45, 7) is 0. The lowest BCUT2D eigenvalue weighted by atomic mass is 10.2. The number of fused-ring (bicyclic) bond motifs is 1. The SMILES string of the molecule is COc1ccc(-n2c(SCC(=O)NN=CC(Cl)=Cc3ccccc3)nc3ccccc3c2=O)cc1. The molecular weight excluding hydrogens is 484 g/mol. The first kappa shape index (κ1) is 24.3. The topological polar surface area (TPSA) is 85.6 Å². The van der Waals surface area contributed by atoms with E-state index in [1.54, 1.807) is 55.7 Å². The predicted octanol–water partition coefficient (Wildman–Crippen LogP) is 4.87. The third-order valence-corrected chi connectivity index (χ3v) is 6.03. The van der Waals surface area contributed by atoms with Crippen molar-refractivity contribution in [3.8, 4) is 11.4 Å². The first-order chi connectivity index (χ1) is 17.0. The van der Waals surface area contributed by atoms with Gasteiger partial charge in [0, 0.05) is 0 Å². The highest BCUT2D eigenvalue weighted by Crippen LogP contribution is 2.22. The number of carbonyl (C=O) groups excluding carboxylic acids is 1. The van der Waals surface area contributed by atoms with E-state index >= 15 is 0 Å². The minimum absolute atomic E-state index is 0.00169. The number of hydrogen-bond donors (Lipinski definition) is 1. The monoisotopic (exact) mass is 504 g/mol.